The predicted octanol–water partition coefficient (Wildman–Crippen LogP) is 19.6. The maximum absolute atomic E-state index is 13.0. The van der Waals surface area contributed by atoms with Crippen LogP contribution in [0.2, 0.25) is 0 Å². The van der Waals surface area contributed by atoms with Gasteiger partial charge in [-0.05, 0) is 12.8 Å². The SMILES string of the molecule is CCCCCCCCCCCCCCCCCCCCCCCCCCCCCCCC(=O)NC(COP(=O)(O)OCC[N+](C)(C)C)C(O)CCCCCCCCCCCCCCCCCCCCCC. The van der Waals surface area contributed by atoms with E-state index in [0.717, 1.165) is 38.5 Å². The highest BCUT2D eigenvalue weighted by atomic mass is 31.2. The quantitative estimate of drug-likeness (QED) is 0.0318. The van der Waals surface area contributed by atoms with Crippen LogP contribution in [0.3, 0.4) is 0 Å². The number of nitrogens with one attached hydrogen (secondary N) is 1. The summed E-state index contributed by atoms with van der Waals surface area (Å²) in [6, 6.07) is -0.756. The molecule has 3 atom stereocenters. The number of carbonyl (C=O) groups excluding carboxylic acids is 1. The molecule has 9 heteroatoms. The highest BCUT2D eigenvalue weighted by Crippen LogP contribution is 2.43. The Morgan fingerprint density at radius 1 is 0.423 bits per heavy atom. The Morgan fingerprint density at radius 2 is 0.676 bits per heavy atom. The van der Waals surface area contributed by atoms with Gasteiger partial charge in [-0.25, -0.2) is 4.57 Å². The van der Waals surface area contributed by atoms with Crippen molar-refractivity contribution in [2.75, 3.05) is 40.9 Å². The third-order valence-corrected chi connectivity index (χ3v) is 16.1. The van der Waals surface area contributed by atoms with Crippen molar-refractivity contribution in [1.82, 2.24) is 5.32 Å². The molecule has 0 aromatic heterocycles. The highest BCUT2D eigenvalue weighted by molar-refractivity contribution is 7.47. The Bertz CT molecular complexity index is 1120. The van der Waals surface area contributed by atoms with Gasteiger partial charge in [0.05, 0.1) is 39.9 Å². The van der Waals surface area contributed by atoms with Crippen molar-refractivity contribution in [3.05, 3.63) is 0 Å². The standard InChI is InChI=1S/C62H127N2O6P/c1-6-8-10-12-14-16-18-20-22-24-26-28-29-30-31-32-33-34-35-36-38-40-42-44-46-48-50-52-54-56-62(66)63-60(59-70-71(67,68)69-58-57-64(3,4)5)61(65)55-53-51-49-47-45-43-41-39-37-27-25-23-21-19-17-15-13-11-9-7-2/h60-61,65H,6-59H2,1-5H3,(H-,63,66,67,68)/p+1. The molecular weight excluding hydrogens is 900 g/mol. The van der Waals surface area contributed by atoms with Gasteiger partial charge in [0.25, 0.3) is 0 Å². The number of quaternary nitrogens is 1. The lowest BCUT2D eigenvalue weighted by Crippen LogP contribution is -2.46. The van der Waals surface area contributed by atoms with Crippen LogP contribution in [0.5, 0.6) is 0 Å². The van der Waals surface area contributed by atoms with E-state index in [1.165, 1.54) is 276 Å². The van der Waals surface area contributed by atoms with Gasteiger partial charge in [-0.3, -0.25) is 13.8 Å². The number of aliphatic hydroxyl groups excluding tert-OH is 1. The highest BCUT2D eigenvalue weighted by Gasteiger charge is 2.28. The van der Waals surface area contributed by atoms with Crippen LogP contribution in [0.15, 0.2) is 0 Å². The van der Waals surface area contributed by atoms with Gasteiger partial charge in [-0.1, -0.05) is 322 Å². The second-order valence-electron chi connectivity index (χ2n) is 23.5. The van der Waals surface area contributed by atoms with Crippen molar-refractivity contribution in [2.45, 2.75) is 353 Å². The maximum atomic E-state index is 13.0. The fourth-order valence-electron chi connectivity index (χ4n) is 10.1. The lowest BCUT2D eigenvalue weighted by atomic mass is 10.0. The minimum Gasteiger partial charge on any atom is -0.391 e. The molecule has 3 unspecified atom stereocenters. The molecule has 0 aliphatic rings. The molecule has 0 heterocycles. The van der Waals surface area contributed by atoms with Gasteiger partial charge in [0, 0.05) is 6.42 Å². The molecule has 0 aliphatic heterocycles. The van der Waals surface area contributed by atoms with E-state index in [0.29, 0.717) is 23.9 Å². The summed E-state index contributed by atoms with van der Waals surface area (Å²) < 4.78 is 23.8. The summed E-state index contributed by atoms with van der Waals surface area (Å²) in [6.07, 6.45) is 66.1. The smallest absolute Gasteiger partial charge is 0.391 e. The summed E-state index contributed by atoms with van der Waals surface area (Å²) in [4.78, 5) is 23.4. The molecule has 3 N–H and O–H groups in total. The van der Waals surface area contributed by atoms with E-state index in [9.17, 15) is 19.4 Å². The zero-order valence-electron chi connectivity index (χ0n) is 48.8. The molecule has 0 rings (SSSR count). The van der Waals surface area contributed by atoms with Crippen LogP contribution in [0.4, 0.5) is 0 Å². The van der Waals surface area contributed by atoms with Gasteiger partial charge in [-0.2, -0.15) is 0 Å². The predicted molar refractivity (Wildman–Crippen MR) is 309 cm³/mol. The molecule has 8 nitrogen and oxygen atoms in total. The van der Waals surface area contributed by atoms with Crippen molar-refractivity contribution < 1.29 is 32.9 Å². The van der Waals surface area contributed by atoms with E-state index in [1.807, 2.05) is 21.1 Å². The van der Waals surface area contributed by atoms with E-state index in [4.69, 9.17) is 9.05 Å². The van der Waals surface area contributed by atoms with Crippen molar-refractivity contribution >= 4 is 13.7 Å². The topological polar surface area (TPSA) is 105 Å². The summed E-state index contributed by atoms with van der Waals surface area (Å²) in [7, 11) is 1.64. The van der Waals surface area contributed by atoms with Crippen LogP contribution in [0.25, 0.3) is 0 Å². The van der Waals surface area contributed by atoms with Crippen LogP contribution in [-0.2, 0) is 18.4 Å². The van der Waals surface area contributed by atoms with Crippen LogP contribution in [-0.4, -0.2) is 73.4 Å². The van der Waals surface area contributed by atoms with Crippen LogP contribution in [0, 0.1) is 0 Å². The molecule has 71 heavy (non-hydrogen) atoms. The molecule has 0 fully saturated rings. The first-order chi connectivity index (χ1) is 34.5. The number of rotatable bonds is 60. The molecular formula is C62H128N2O6P+. The third kappa shape index (κ3) is 57.1. The number of hydrogen-bond acceptors (Lipinski definition) is 5. The van der Waals surface area contributed by atoms with Crippen molar-refractivity contribution in [3.8, 4) is 0 Å². The number of amides is 1. The second-order valence-corrected chi connectivity index (χ2v) is 25.0. The Morgan fingerprint density at radius 3 is 0.944 bits per heavy atom. The monoisotopic (exact) mass is 1030 g/mol. The molecule has 0 bridgehead atoms. The summed E-state index contributed by atoms with van der Waals surface area (Å²) >= 11 is 0. The number of phosphoric acid groups is 1. The number of aliphatic hydroxyl groups is 1. The molecule has 0 saturated heterocycles. The van der Waals surface area contributed by atoms with Crippen molar-refractivity contribution in [1.29, 1.82) is 0 Å². The van der Waals surface area contributed by atoms with Crippen LogP contribution in [0.1, 0.15) is 341 Å². The van der Waals surface area contributed by atoms with E-state index in [1.54, 1.807) is 0 Å². The fraction of sp³-hybridized carbons (Fsp3) is 0.984. The number of unbranched alkanes of at least 4 members (excludes halogenated alkanes) is 47. The number of hydrogen-bond donors (Lipinski definition) is 3. The fourth-order valence-corrected chi connectivity index (χ4v) is 10.8. The molecule has 0 aliphatic carbocycles. The summed E-state index contributed by atoms with van der Waals surface area (Å²) in [5.74, 6) is -0.134. The molecule has 0 radical (unpaired) electrons. The van der Waals surface area contributed by atoms with E-state index < -0.39 is 20.0 Å². The normalized spacial score (nSPS) is 13.7. The number of phosphoric ester groups is 1. The zero-order chi connectivity index (χ0) is 52.0. The summed E-state index contributed by atoms with van der Waals surface area (Å²) in [5.41, 5.74) is 0. The van der Waals surface area contributed by atoms with Gasteiger partial charge in [-0.15, -0.1) is 0 Å². The van der Waals surface area contributed by atoms with Gasteiger partial charge in [0.15, 0.2) is 0 Å². The van der Waals surface area contributed by atoms with Gasteiger partial charge in [0.1, 0.15) is 13.2 Å². The number of nitrogens with zero attached hydrogens (tertiary/aromatic N) is 1. The maximum Gasteiger partial charge on any atom is 0.472 e. The Kier molecular flexibility index (Phi) is 53.9. The Hall–Kier alpha value is -0.500. The lowest BCUT2D eigenvalue weighted by molar-refractivity contribution is -0.870. The largest absolute Gasteiger partial charge is 0.472 e. The summed E-state index contributed by atoms with van der Waals surface area (Å²) in [5, 5.41) is 14.1. The van der Waals surface area contributed by atoms with E-state index in [2.05, 4.69) is 19.2 Å². The van der Waals surface area contributed by atoms with Gasteiger partial charge in [0.2, 0.25) is 5.91 Å². The average Bonchev–Trinajstić information content (AvgIpc) is 3.33. The van der Waals surface area contributed by atoms with Gasteiger partial charge < -0.3 is 19.8 Å². The molecule has 0 aromatic carbocycles. The summed E-state index contributed by atoms with van der Waals surface area (Å²) in [6.45, 7) is 4.96. The van der Waals surface area contributed by atoms with Crippen molar-refractivity contribution in [3.63, 3.8) is 0 Å². The van der Waals surface area contributed by atoms with E-state index >= 15 is 0 Å². The molecule has 0 spiro atoms. The molecule has 0 saturated carbocycles. The first-order valence-electron chi connectivity index (χ1n) is 31.9. The minimum absolute atomic E-state index is 0.0793. The minimum atomic E-state index is -4.32. The Balaban J connectivity index is 4.02. The lowest BCUT2D eigenvalue weighted by Gasteiger charge is -2.26. The molecule has 0 aromatic rings. The third-order valence-electron chi connectivity index (χ3n) is 15.1. The first kappa shape index (κ1) is 70.5. The van der Waals surface area contributed by atoms with Crippen LogP contribution < -0.4 is 5.32 Å². The number of likely N-dealkylation sites (N-methyl/N-ethyl adjacent to an activating group) is 1. The van der Waals surface area contributed by atoms with Crippen LogP contribution >= 0.6 is 7.82 Å². The zero-order valence-corrected chi connectivity index (χ0v) is 49.7. The molecule has 426 valence electrons. The number of carbonyl (C=O) groups is 1. The van der Waals surface area contributed by atoms with E-state index in [-0.39, 0.29) is 19.1 Å². The van der Waals surface area contributed by atoms with Gasteiger partial charge >= 0.3 is 7.82 Å². The molecule has 1 amide bonds. The second kappa shape index (κ2) is 54.3. The average molecular weight is 1030 g/mol. The van der Waals surface area contributed by atoms with Crippen molar-refractivity contribution in [2.24, 2.45) is 0 Å². The first-order valence-corrected chi connectivity index (χ1v) is 33.4. The Labute approximate surface area is 444 Å².